The quantitative estimate of drug-likeness (QED) is 0.822. The van der Waals surface area contributed by atoms with Crippen molar-refractivity contribution in [2.24, 2.45) is 0 Å². The SMILES string of the molecule is CCNC(CC1CCCO1)c1cncc(OCC)c1. The molecule has 1 aliphatic heterocycles. The average molecular weight is 264 g/mol. The molecule has 106 valence electrons. The van der Waals surface area contributed by atoms with E-state index in [4.69, 9.17) is 9.47 Å². The number of hydrogen-bond acceptors (Lipinski definition) is 4. The van der Waals surface area contributed by atoms with E-state index in [1.807, 2.05) is 13.1 Å². The molecule has 0 bridgehead atoms. The standard InChI is InChI=1S/C15H24N2O2/c1-3-17-15(9-13-6-5-7-19-13)12-8-14(18-4-2)11-16-10-12/h8,10-11,13,15,17H,3-7,9H2,1-2H3. The van der Waals surface area contributed by atoms with Gasteiger partial charge in [-0.3, -0.25) is 4.98 Å². The maximum Gasteiger partial charge on any atom is 0.137 e. The largest absolute Gasteiger partial charge is 0.492 e. The van der Waals surface area contributed by atoms with Crippen molar-refractivity contribution in [3.63, 3.8) is 0 Å². The summed E-state index contributed by atoms with van der Waals surface area (Å²) in [7, 11) is 0. The normalized spacial score (nSPS) is 20.4. The van der Waals surface area contributed by atoms with E-state index in [-0.39, 0.29) is 0 Å². The van der Waals surface area contributed by atoms with Crippen molar-refractivity contribution in [1.29, 1.82) is 0 Å². The summed E-state index contributed by atoms with van der Waals surface area (Å²) in [4.78, 5) is 4.28. The second kappa shape index (κ2) is 7.46. The monoisotopic (exact) mass is 264 g/mol. The van der Waals surface area contributed by atoms with Gasteiger partial charge in [-0.05, 0) is 44.4 Å². The smallest absolute Gasteiger partial charge is 0.137 e. The van der Waals surface area contributed by atoms with Crippen LogP contribution in [0.4, 0.5) is 0 Å². The Bertz CT molecular complexity index is 378. The van der Waals surface area contributed by atoms with Crippen LogP contribution in [0.15, 0.2) is 18.5 Å². The molecule has 1 aromatic rings. The van der Waals surface area contributed by atoms with Gasteiger partial charge in [0, 0.05) is 18.8 Å². The number of nitrogens with zero attached hydrogens (tertiary/aromatic N) is 1. The first-order valence-electron chi connectivity index (χ1n) is 7.26. The minimum absolute atomic E-state index is 0.293. The fraction of sp³-hybridized carbons (Fsp3) is 0.667. The molecule has 0 radical (unpaired) electrons. The zero-order chi connectivity index (χ0) is 13.5. The van der Waals surface area contributed by atoms with Crippen LogP contribution in [0.2, 0.25) is 0 Å². The van der Waals surface area contributed by atoms with Crippen LogP contribution in [0.5, 0.6) is 5.75 Å². The van der Waals surface area contributed by atoms with E-state index in [1.54, 1.807) is 6.20 Å². The van der Waals surface area contributed by atoms with Crippen LogP contribution in [0.1, 0.15) is 44.7 Å². The Morgan fingerprint density at radius 1 is 1.47 bits per heavy atom. The van der Waals surface area contributed by atoms with Crippen LogP contribution >= 0.6 is 0 Å². The van der Waals surface area contributed by atoms with E-state index in [1.165, 1.54) is 18.4 Å². The summed E-state index contributed by atoms with van der Waals surface area (Å²) in [5, 5.41) is 3.52. The van der Waals surface area contributed by atoms with Gasteiger partial charge in [0.15, 0.2) is 0 Å². The minimum atomic E-state index is 0.293. The number of rotatable bonds is 7. The van der Waals surface area contributed by atoms with Crippen molar-refractivity contribution in [2.45, 2.75) is 45.3 Å². The van der Waals surface area contributed by atoms with Crippen molar-refractivity contribution >= 4 is 0 Å². The second-order valence-electron chi connectivity index (χ2n) is 4.87. The van der Waals surface area contributed by atoms with Crippen molar-refractivity contribution in [3.8, 4) is 5.75 Å². The lowest BCUT2D eigenvalue weighted by atomic mass is 10.0. The summed E-state index contributed by atoms with van der Waals surface area (Å²) in [5.41, 5.74) is 1.18. The molecule has 1 aliphatic rings. The van der Waals surface area contributed by atoms with Gasteiger partial charge in [-0.2, -0.15) is 0 Å². The predicted octanol–water partition coefficient (Wildman–Crippen LogP) is 2.70. The van der Waals surface area contributed by atoms with Gasteiger partial charge in [-0.25, -0.2) is 0 Å². The molecule has 4 nitrogen and oxygen atoms in total. The third-order valence-corrected chi connectivity index (χ3v) is 3.42. The van der Waals surface area contributed by atoms with Gasteiger partial charge in [0.2, 0.25) is 0 Å². The molecular formula is C15H24N2O2. The first-order valence-corrected chi connectivity index (χ1v) is 7.26. The van der Waals surface area contributed by atoms with Crippen molar-refractivity contribution < 1.29 is 9.47 Å². The van der Waals surface area contributed by atoms with Gasteiger partial charge in [-0.15, -0.1) is 0 Å². The fourth-order valence-corrected chi connectivity index (χ4v) is 2.55. The molecule has 1 aromatic heterocycles. The Kier molecular flexibility index (Phi) is 5.61. The molecule has 0 aliphatic carbocycles. The highest BCUT2D eigenvalue weighted by molar-refractivity contribution is 5.26. The number of hydrogen-bond donors (Lipinski definition) is 1. The van der Waals surface area contributed by atoms with E-state index < -0.39 is 0 Å². The van der Waals surface area contributed by atoms with Gasteiger partial charge >= 0.3 is 0 Å². The highest BCUT2D eigenvalue weighted by Gasteiger charge is 2.21. The molecular weight excluding hydrogens is 240 g/mol. The number of aromatic nitrogens is 1. The van der Waals surface area contributed by atoms with E-state index in [2.05, 4.69) is 23.3 Å². The molecule has 1 saturated heterocycles. The predicted molar refractivity (Wildman–Crippen MR) is 75.4 cm³/mol. The third kappa shape index (κ3) is 4.18. The Labute approximate surface area is 115 Å². The molecule has 2 heterocycles. The maximum atomic E-state index is 5.74. The molecule has 0 spiro atoms. The number of ether oxygens (including phenoxy) is 2. The summed E-state index contributed by atoms with van der Waals surface area (Å²) < 4.78 is 11.3. The highest BCUT2D eigenvalue weighted by atomic mass is 16.5. The molecule has 4 heteroatoms. The third-order valence-electron chi connectivity index (χ3n) is 3.42. The number of nitrogens with one attached hydrogen (secondary N) is 1. The van der Waals surface area contributed by atoms with Crippen LogP contribution in [0.25, 0.3) is 0 Å². The molecule has 0 amide bonds. The Morgan fingerprint density at radius 3 is 3.05 bits per heavy atom. The van der Waals surface area contributed by atoms with Gasteiger partial charge < -0.3 is 14.8 Å². The van der Waals surface area contributed by atoms with Gasteiger partial charge in [0.05, 0.1) is 18.9 Å². The summed E-state index contributed by atoms with van der Waals surface area (Å²) in [6, 6.07) is 2.37. The lowest BCUT2D eigenvalue weighted by Gasteiger charge is -2.21. The van der Waals surface area contributed by atoms with Crippen molar-refractivity contribution in [3.05, 3.63) is 24.0 Å². The molecule has 1 N–H and O–H groups in total. The Hall–Kier alpha value is -1.13. The fourth-order valence-electron chi connectivity index (χ4n) is 2.55. The Morgan fingerprint density at radius 2 is 2.37 bits per heavy atom. The van der Waals surface area contributed by atoms with Crippen LogP contribution < -0.4 is 10.1 Å². The Balaban J connectivity index is 2.05. The highest BCUT2D eigenvalue weighted by Crippen LogP contribution is 2.26. The average Bonchev–Trinajstić information content (AvgIpc) is 2.92. The van der Waals surface area contributed by atoms with Crippen molar-refractivity contribution in [1.82, 2.24) is 10.3 Å². The zero-order valence-electron chi connectivity index (χ0n) is 11.9. The summed E-state index contributed by atoms with van der Waals surface area (Å²) in [6.07, 6.45) is 7.42. The van der Waals surface area contributed by atoms with Gasteiger partial charge in [-0.1, -0.05) is 6.92 Å². The summed E-state index contributed by atoms with van der Waals surface area (Å²) in [6.45, 7) is 6.63. The molecule has 1 fully saturated rings. The van der Waals surface area contributed by atoms with E-state index in [0.717, 1.165) is 25.3 Å². The molecule has 0 aromatic carbocycles. The summed E-state index contributed by atoms with van der Waals surface area (Å²) in [5.74, 6) is 0.843. The minimum Gasteiger partial charge on any atom is -0.492 e. The number of pyridine rings is 1. The van der Waals surface area contributed by atoms with Crippen molar-refractivity contribution in [2.75, 3.05) is 19.8 Å². The van der Waals surface area contributed by atoms with Crippen LogP contribution in [-0.4, -0.2) is 30.8 Å². The topological polar surface area (TPSA) is 43.4 Å². The van der Waals surface area contributed by atoms with E-state index in [9.17, 15) is 0 Å². The zero-order valence-corrected chi connectivity index (χ0v) is 11.9. The second-order valence-corrected chi connectivity index (χ2v) is 4.87. The molecule has 2 unspecified atom stereocenters. The van der Waals surface area contributed by atoms with Gasteiger partial charge in [0.25, 0.3) is 0 Å². The van der Waals surface area contributed by atoms with Crippen LogP contribution in [0, 0.1) is 0 Å². The molecule has 19 heavy (non-hydrogen) atoms. The summed E-state index contributed by atoms with van der Waals surface area (Å²) >= 11 is 0. The van der Waals surface area contributed by atoms with Crippen LogP contribution in [0.3, 0.4) is 0 Å². The lowest BCUT2D eigenvalue weighted by Crippen LogP contribution is -2.25. The molecule has 2 rings (SSSR count). The first-order chi connectivity index (χ1) is 9.33. The maximum absolute atomic E-state index is 5.74. The van der Waals surface area contributed by atoms with Gasteiger partial charge in [0.1, 0.15) is 5.75 Å². The first kappa shape index (κ1) is 14.3. The van der Waals surface area contributed by atoms with E-state index in [0.29, 0.717) is 18.8 Å². The molecule has 2 atom stereocenters. The van der Waals surface area contributed by atoms with Crippen LogP contribution in [-0.2, 0) is 4.74 Å². The lowest BCUT2D eigenvalue weighted by molar-refractivity contribution is 0.0947. The van der Waals surface area contributed by atoms with E-state index >= 15 is 0 Å². The molecule has 0 saturated carbocycles.